The highest BCUT2D eigenvalue weighted by Crippen LogP contribution is 2.28. The number of halogens is 2. The van der Waals surface area contributed by atoms with Crippen LogP contribution < -0.4 is 20.1 Å². The highest BCUT2D eigenvalue weighted by Gasteiger charge is 2.14. The minimum Gasteiger partial charge on any atom is -0.493 e. The van der Waals surface area contributed by atoms with E-state index in [2.05, 4.69) is 10.6 Å². The van der Waals surface area contributed by atoms with Gasteiger partial charge in [-0.25, -0.2) is 8.78 Å². The topological polar surface area (TPSA) is 76.7 Å². The first-order valence-corrected chi connectivity index (χ1v) is 8.16. The van der Waals surface area contributed by atoms with E-state index < -0.39 is 17.5 Å². The summed E-state index contributed by atoms with van der Waals surface area (Å²) in [4.78, 5) is 23.9. The summed E-state index contributed by atoms with van der Waals surface area (Å²) >= 11 is 0. The highest BCUT2D eigenvalue weighted by molar-refractivity contribution is 6.04. The molecule has 0 aliphatic carbocycles. The Bertz CT molecular complexity index is 820. The quantitative estimate of drug-likeness (QED) is 0.776. The molecular weight excluding hydrogens is 358 g/mol. The number of hydrogen-bond donors (Lipinski definition) is 2. The third kappa shape index (κ3) is 5.95. The van der Waals surface area contributed by atoms with Crippen molar-refractivity contribution in [2.24, 2.45) is 0 Å². The van der Waals surface area contributed by atoms with Gasteiger partial charge in [-0.15, -0.1) is 0 Å². The van der Waals surface area contributed by atoms with E-state index in [4.69, 9.17) is 9.47 Å². The Morgan fingerprint density at radius 2 is 1.70 bits per heavy atom. The Hall–Kier alpha value is -3.16. The Morgan fingerprint density at radius 1 is 1.04 bits per heavy atom. The van der Waals surface area contributed by atoms with Crippen molar-refractivity contribution < 1.29 is 27.8 Å². The molecule has 0 saturated carbocycles. The number of carbonyl (C=O) groups excluding carboxylic acids is 2. The maximum absolute atomic E-state index is 13.2. The molecule has 2 amide bonds. The van der Waals surface area contributed by atoms with Crippen LogP contribution in [0.15, 0.2) is 36.4 Å². The van der Waals surface area contributed by atoms with Crippen molar-refractivity contribution in [1.29, 1.82) is 0 Å². The van der Waals surface area contributed by atoms with Gasteiger partial charge in [-0.2, -0.15) is 0 Å². The summed E-state index contributed by atoms with van der Waals surface area (Å²) in [6.07, 6.45) is 0. The number of hydrogen-bond acceptors (Lipinski definition) is 4. The number of amides is 2. The van der Waals surface area contributed by atoms with Crippen LogP contribution in [0.4, 0.5) is 14.5 Å². The third-order valence-electron chi connectivity index (χ3n) is 3.35. The Balaban J connectivity index is 2.09. The Morgan fingerprint density at radius 3 is 2.30 bits per heavy atom. The molecule has 0 radical (unpaired) electrons. The van der Waals surface area contributed by atoms with E-state index in [0.29, 0.717) is 6.07 Å². The standard InChI is InChI=1S/C19H20F2N2O4/c1-11(2)22-18(24)10-27-16-5-4-12(6-17(16)26-3)19(25)23-15-8-13(20)7-14(21)9-15/h4-9,11H,10H2,1-3H3,(H,22,24)(H,23,25). The number of ether oxygens (including phenoxy) is 2. The monoisotopic (exact) mass is 378 g/mol. The van der Waals surface area contributed by atoms with Crippen LogP contribution in [0, 0.1) is 11.6 Å². The van der Waals surface area contributed by atoms with Crippen LogP contribution in [0.1, 0.15) is 24.2 Å². The van der Waals surface area contributed by atoms with Crippen molar-refractivity contribution in [3.05, 3.63) is 53.6 Å². The normalized spacial score (nSPS) is 10.4. The molecule has 27 heavy (non-hydrogen) atoms. The molecule has 144 valence electrons. The lowest BCUT2D eigenvalue weighted by Gasteiger charge is -2.13. The van der Waals surface area contributed by atoms with Crippen molar-refractivity contribution >= 4 is 17.5 Å². The molecule has 0 unspecified atom stereocenters. The molecule has 0 aliphatic rings. The summed E-state index contributed by atoms with van der Waals surface area (Å²) < 4.78 is 37.0. The van der Waals surface area contributed by atoms with Crippen LogP contribution in [0.25, 0.3) is 0 Å². The zero-order valence-electron chi connectivity index (χ0n) is 15.1. The van der Waals surface area contributed by atoms with Gasteiger partial charge in [-0.3, -0.25) is 9.59 Å². The first kappa shape index (κ1) is 20.2. The summed E-state index contributed by atoms with van der Waals surface area (Å²) in [6.45, 7) is 3.45. The summed E-state index contributed by atoms with van der Waals surface area (Å²) in [6, 6.07) is 7.03. The fourth-order valence-corrected chi connectivity index (χ4v) is 2.26. The molecule has 2 rings (SSSR count). The van der Waals surface area contributed by atoms with Crippen LogP contribution in [0.2, 0.25) is 0 Å². The second-order valence-electron chi connectivity index (χ2n) is 5.99. The predicted octanol–water partition coefficient (Wildman–Crippen LogP) is 3.13. The zero-order chi connectivity index (χ0) is 20.0. The van der Waals surface area contributed by atoms with E-state index in [1.807, 2.05) is 13.8 Å². The zero-order valence-corrected chi connectivity index (χ0v) is 15.1. The Labute approximate surface area is 155 Å². The van der Waals surface area contributed by atoms with Gasteiger partial charge in [0.25, 0.3) is 11.8 Å². The predicted molar refractivity (Wildman–Crippen MR) is 96.1 cm³/mol. The van der Waals surface area contributed by atoms with Gasteiger partial charge in [0.15, 0.2) is 18.1 Å². The van der Waals surface area contributed by atoms with E-state index in [9.17, 15) is 18.4 Å². The SMILES string of the molecule is COc1cc(C(=O)Nc2cc(F)cc(F)c2)ccc1OCC(=O)NC(C)C. The average Bonchev–Trinajstić information content (AvgIpc) is 2.58. The molecule has 8 heteroatoms. The first-order chi connectivity index (χ1) is 12.8. The van der Waals surface area contributed by atoms with Crippen LogP contribution >= 0.6 is 0 Å². The largest absolute Gasteiger partial charge is 0.493 e. The van der Waals surface area contributed by atoms with Gasteiger partial charge in [0.1, 0.15) is 11.6 Å². The maximum Gasteiger partial charge on any atom is 0.258 e. The molecule has 0 heterocycles. The van der Waals surface area contributed by atoms with Gasteiger partial charge >= 0.3 is 0 Å². The van der Waals surface area contributed by atoms with Crippen molar-refractivity contribution in [2.45, 2.75) is 19.9 Å². The summed E-state index contributed by atoms with van der Waals surface area (Å²) in [5, 5.41) is 5.09. The molecule has 0 spiro atoms. The van der Waals surface area contributed by atoms with Gasteiger partial charge in [-0.1, -0.05) is 0 Å². The van der Waals surface area contributed by atoms with Gasteiger partial charge in [-0.05, 0) is 44.2 Å². The highest BCUT2D eigenvalue weighted by atomic mass is 19.1. The van der Waals surface area contributed by atoms with Gasteiger partial charge in [0.05, 0.1) is 7.11 Å². The van der Waals surface area contributed by atoms with E-state index >= 15 is 0 Å². The minimum absolute atomic E-state index is 0.0119. The molecule has 0 bridgehead atoms. The summed E-state index contributed by atoms with van der Waals surface area (Å²) in [7, 11) is 1.39. The molecule has 2 N–H and O–H groups in total. The van der Waals surface area contributed by atoms with Crippen LogP contribution in [-0.2, 0) is 4.79 Å². The van der Waals surface area contributed by atoms with Crippen LogP contribution in [0.3, 0.4) is 0 Å². The fraction of sp³-hybridized carbons (Fsp3) is 0.263. The van der Waals surface area contributed by atoms with Crippen molar-refractivity contribution in [2.75, 3.05) is 19.0 Å². The number of nitrogens with one attached hydrogen (secondary N) is 2. The van der Waals surface area contributed by atoms with Crippen molar-refractivity contribution in [3.63, 3.8) is 0 Å². The number of methoxy groups -OCH3 is 1. The van der Waals surface area contributed by atoms with Gasteiger partial charge < -0.3 is 20.1 Å². The number of carbonyl (C=O) groups is 2. The second kappa shape index (κ2) is 8.98. The van der Waals surface area contributed by atoms with Crippen LogP contribution in [0.5, 0.6) is 11.5 Å². The lowest BCUT2D eigenvalue weighted by molar-refractivity contribution is -0.123. The molecule has 2 aromatic carbocycles. The van der Waals surface area contributed by atoms with Crippen molar-refractivity contribution in [1.82, 2.24) is 5.32 Å². The molecular formula is C19H20F2N2O4. The fourth-order valence-electron chi connectivity index (χ4n) is 2.26. The number of rotatable bonds is 7. The maximum atomic E-state index is 13.2. The van der Waals surface area contributed by atoms with E-state index in [0.717, 1.165) is 12.1 Å². The molecule has 0 saturated heterocycles. The van der Waals surface area contributed by atoms with Crippen LogP contribution in [-0.4, -0.2) is 31.6 Å². The molecule has 0 aliphatic heterocycles. The number of benzene rings is 2. The molecule has 6 nitrogen and oxygen atoms in total. The smallest absolute Gasteiger partial charge is 0.258 e. The molecule has 0 aromatic heterocycles. The molecule has 0 atom stereocenters. The third-order valence-corrected chi connectivity index (χ3v) is 3.35. The summed E-state index contributed by atoms with van der Waals surface area (Å²) in [5.41, 5.74) is 0.178. The van der Waals surface area contributed by atoms with E-state index in [1.165, 1.54) is 25.3 Å². The Kier molecular flexibility index (Phi) is 6.70. The molecule has 2 aromatic rings. The second-order valence-corrected chi connectivity index (χ2v) is 5.99. The van der Waals surface area contributed by atoms with Crippen molar-refractivity contribution in [3.8, 4) is 11.5 Å². The average molecular weight is 378 g/mol. The van der Waals surface area contributed by atoms with E-state index in [1.54, 1.807) is 0 Å². The minimum atomic E-state index is -0.800. The lowest BCUT2D eigenvalue weighted by atomic mass is 10.1. The number of anilines is 1. The lowest BCUT2D eigenvalue weighted by Crippen LogP contribution is -2.34. The van der Waals surface area contributed by atoms with E-state index in [-0.39, 0.29) is 41.3 Å². The molecule has 0 fully saturated rings. The summed E-state index contributed by atoms with van der Waals surface area (Å²) in [5.74, 6) is -1.95. The van der Waals surface area contributed by atoms with Gasteiger partial charge in [0, 0.05) is 23.4 Å². The van der Waals surface area contributed by atoms with Gasteiger partial charge in [0.2, 0.25) is 0 Å². The first-order valence-electron chi connectivity index (χ1n) is 8.16.